The van der Waals surface area contributed by atoms with Gasteiger partial charge in [-0.3, -0.25) is 9.89 Å². The predicted octanol–water partition coefficient (Wildman–Crippen LogP) is 3.56. The summed E-state index contributed by atoms with van der Waals surface area (Å²) >= 11 is 0. The standard InChI is InChI=1S/C26H37N5.HI/c1-27-26(31-18-16-30(17-19-31)21-24-10-6-3-7-11-24)28-20-25-13-15-29(22-25)14-12-23-8-4-2-5-9-23;/h2-11,25H,12-22H2,1H3,(H,27,28);1H. The van der Waals surface area contributed by atoms with Gasteiger partial charge < -0.3 is 15.1 Å². The van der Waals surface area contributed by atoms with Crippen molar-refractivity contribution in [2.24, 2.45) is 10.9 Å². The first-order chi connectivity index (χ1) is 15.3. The maximum absolute atomic E-state index is 4.58. The van der Waals surface area contributed by atoms with Crippen LogP contribution in [-0.2, 0) is 13.0 Å². The second-order valence-electron chi connectivity index (χ2n) is 8.87. The number of aliphatic imine (C=N–C) groups is 1. The Morgan fingerprint density at radius 1 is 0.875 bits per heavy atom. The highest BCUT2D eigenvalue weighted by Crippen LogP contribution is 2.16. The summed E-state index contributed by atoms with van der Waals surface area (Å²) in [7, 11) is 1.92. The van der Waals surface area contributed by atoms with Crippen molar-refractivity contribution >= 4 is 29.9 Å². The van der Waals surface area contributed by atoms with Gasteiger partial charge in [0, 0.05) is 59.4 Å². The lowest BCUT2D eigenvalue weighted by Crippen LogP contribution is -2.52. The Labute approximate surface area is 210 Å². The van der Waals surface area contributed by atoms with Crippen molar-refractivity contribution < 1.29 is 0 Å². The van der Waals surface area contributed by atoms with Gasteiger partial charge in [0.05, 0.1) is 0 Å². The summed E-state index contributed by atoms with van der Waals surface area (Å²) in [5.74, 6) is 1.79. The van der Waals surface area contributed by atoms with Crippen molar-refractivity contribution in [3.05, 3.63) is 71.8 Å². The zero-order valence-corrected chi connectivity index (χ0v) is 21.7. The Kier molecular flexibility index (Phi) is 10.3. The van der Waals surface area contributed by atoms with Crippen molar-refractivity contribution in [2.45, 2.75) is 19.4 Å². The number of nitrogens with zero attached hydrogens (tertiary/aromatic N) is 4. The normalized spacial score (nSPS) is 20.2. The largest absolute Gasteiger partial charge is 0.356 e. The Hall–Kier alpha value is -1.64. The number of hydrogen-bond acceptors (Lipinski definition) is 3. The number of benzene rings is 2. The van der Waals surface area contributed by atoms with E-state index in [0.717, 1.165) is 51.6 Å². The number of likely N-dealkylation sites (tertiary alicyclic amines) is 1. The second kappa shape index (κ2) is 13.2. The number of guanidine groups is 1. The van der Waals surface area contributed by atoms with Crippen LogP contribution in [0.3, 0.4) is 0 Å². The van der Waals surface area contributed by atoms with Gasteiger partial charge in [-0.15, -0.1) is 24.0 Å². The summed E-state index contributed by atoms with van der Waals surface area (Å²) in [4.78, 5) is 12.2. The molecule has 1 unspecified atom stereocenters. The van der Waals surface area contributed by atoms with Crippen molar-refractivity contribution in [3.63, 3.8) is 0 Å². The molecule has 0 amide bonds. The average Bonchev–Trinajstić information content (AvgIpc) is 3.28. The number of piperazine rings is 1. The van der Waals surface area contributed by atoms with Crippen LogP contribution in [0.2, 0.25) is 0 Å². The van der Waals surface area contributed by atoms with Gasteiger partial charge in [-0.1, -0.05) is 60.7 Å². The molecular formula is C26H38IN5. The number of hydrogen-bond donors (Lipinski definition) is 1. The summed E-state index contributed by atoms with van der Waals surface area (Å²) in [5.41, 5.74) is 2.84. The van der Waals surface area contributed by atoms with E-state index in [1.165, 1.54) is 37.2 Å². The van der Waals surface area contributed by atoms with E-state index in [2.05, 4.69) is 85.7 Å². The van der Waals surface area contributed by atoms with E-state index in [-0.39, 0.29) is 24.0 Å². The molecule has 0 radical (unpaired) electrons. The van der Waals surface area contributed by atoms with Gasteiger partial charge in [0.1, 0.15) is 0 Å². The zero-order valence-electron chi connectivity index (χ0n) is 19.3. The van der Waals surface area contributed by atoms with Gasteiger partial charge in [0.25, 0.3) is 0 Å². The van der Waals surface area contributed by atoms with Crippen molar-refractivity contribution in [3.8, 4) is 0 Å². The lowest BCUT2D eigenvalue weighted by molar-refractivity contribution is 0.172. The van der Waals surface area contributed by atoms with Crippen LogP contribution >= 0.6 is 24.0 Å². The van der Waals surface area contributed by atoms with Crippen LogP contribution in [0.15, 0.2) is 65.7 Å². The molecule has 2 aliphatic heterocycles. The van der Waals surface area contributed by atoms with Gasteiger partial charge in [-0.05, 0) is 36.4 Å². The molecular weight excluding hydrogens is 509 g/mol. The van der Waals surface area contributed by atoms with Crippen LogP contribution in [0.4, 0.5) is 0 Å². The second-order valence-corrected chi connectivity index (χ2v) is 8.87. The van der Waals surface area contributed by atoms with Crippen LogP contribution in [0.1, 0.15) is 17.5 Å². The molecule has 0 spiro atoms. The van der Waals surface area contributed by atoms with Gasteiger partial charge in [-0.25, -0.2) is 0 Å². The molecule has 32 heavy (non-hydrogen) atoms. The minimum Gasteiger partial charge on any atom is -0.356 e. The van der Waals surface area contributed by atoms with E-state index in [1.54, 1.807) is 0 Å². The molecule has 2 heterocycles. The molecule has 2 aromatic carbocycles. The third kappa shape index (κ3) is 7.46. The first-order valence-corrected chi connectivity index (χ1v) is 11.8. The van der Waals surface area contributed by atoms with E-state index >= 15 is 0 Å². The molecule has 0 aliphatic carbocycles. The van der Waals surface area contributed by atoms with Gasteiger partial charge in [-0.2, -0.15) is 0 Å². The van der Waals surface area contributed by atoms with Crippen LogP contribution in [0.5, 0.6) is 0 Å². The fourth-order valence-electron chi connectivity index (χ4n) is 4.74. The highest BCUT2D eigenvalue weighted by atomic mass is 127. The molecule has 0 bridgehead atoms. The molecule has 2 fully saturated rings. The van der Waals surface area contributed by atoms with E-state index in [4.69, 9.17) is 0 Å². The Bertz CT molecular complexity index is 805. The summed E-state index contributed by atoms with van der Waals surface area (Å²) in [6.07, 6.45) is 2.43. The highest BCUT2D eigenvalue weighted by molar-refractivity contribution is 14.0. The molecule has 174 valence electrons. The lowest BCUT2D eigenvalue weighted by atomic mass is 10.1. The van der Waals surface area contributed by atoms with Gasteiger partial charge in [0.2, 0.25) is 0 Å². The van der Waals surface area contributed by atoms with Crippen LogP contribution in [-0.4, -0.2) is 80.1 Å². The molecule has 1 N–H and O–H groups in total. The first kappa shape index (κ1) is 25.0. The smallest absolute Gasteiger partial charge is 0.193 e. The van der Waals surface area contributed by atoms with E-state index in [9.17, 15) is 0 Å². The van der Waals surface area contributed by atoms with Gasteiger partial charge in [0.15, 0.2) is 5.96 Å². The van der Waals surface area contributed by atoms with E-state index < -0.39 is 0 Å². The summed E-state index contributed by atoms with van der Waals surface area (Å²) in [5, 5.41) is 3.67. The van der Waals surface area contributed by atoms with Crippen LogP contribution < -0.4 is 5.32 Å². The zero-order chi connectivity index (χ0) is 21.3. The Morgan fingerprint density at radius 2 is 1.53 bits per heavy atom. The predicted molar refractivity (Wildman–Crippen MR) is 145 cm³/mol. The minimum atomic E-state index is 0. The summed E-state index contributed by atoms with van der Waals surface area (Å²) in [6.45, 7) is 9.91. The lowest BCUT2D eigenvalue weighted by Gasteiger charge is -2.36. The molecule has 5 nitrogen and oxygen atoms in total. The molecule has 2 aliphatic rings. The van der Waals surface area contributed by atoms with Crippen LogP contribution in [0, 0.1) is 5.92 Å². The van der Waals surface area contributed by atoms with Crippen molar-refractivity contribution in [2.75, 3.05) is 59.4 Å². The third-order valence-corrected chi connectivity index (χ3v) is 6.61. The quantitative estimate of drug-likeness (QED) is 0.327. The van der Waals surface area contributed by atoms with E-state index in [0.29, 0.717) is 5.92 Å². The maximum atomic E-state index is 4.58. The molecule has 0 aromatic heterocycles. The molecule has 6 heteroatoms. The fraction of sp³-hybridized carbons (Fsp3) is 0.500. The minimum absolute atomic E-state index is 0. The van der Waals surface area contributed by atoms with Crippen molar-refractivity contribution in [1.29, 1.82) is 0 Å². The van der Waals surface area contributed by atoms with Crippen molar-refractivity contribution in [1.82, 2.24) is 20.0 Å². The molecule has 0 saturated carbocycles. The highest BCUT2D eigenvalue weighted by Gasteiger charge is 2.24. The topological polar surface area (TPSA) is 34.1 Å². The van der Waals surface area contributed by atoms with Crippen LogP contribution in [0.25, 0.3) is 0 Å². The number of halogens is 1. The number of nitrogens with one attached hydrogen (secondary N) is 1. The summed E-state index contributed by atoms with van der Waals surface area (Å²) in [6, 6.07) is 21.6. The van der Waals surface area contributed by atoms with E-state index in [1.807, 2.05) is 7.05 Å². The first-order valence-electron chi connectivity index (χ1n) is 11.8. The fourth-order valence-corrected chi connectivity index (χ4v) is 4.74. The molecule has 4 rings (SSSR count). The average molecular weight is 548 g/mol. The molecule has 2 aromatic rings. The monoisotopic (exact) mass is 547 g/mol. The molecule has 2 saturated heterocycles. The SMILES string of the molecule is CN=C(NCC1CCN(CCc2ccccc2)C1)N1CCN(Cc2ccccc2)CC1.I. The maximum Gasteiger partial charge on any atom is 0.193 e. The Balaban J connectivity index is 0.00000289. The molecule has 1 atom stereocenters. The Morgan fingerprint density at radius 3 is 2.19 bits per heavy atom. The third-order valence-electron chi connectivity index (χ3n) is 6.61. The van der Waals surface area contributed by atoms with Gasteiger partial charge >= 0.3 is 0 Å². The number of rotatable bonds is 7. The summed E-state index contributed by atoms with van der Waals surface area (Å²) < 4.78 is 0.